The molecule has 0 aromatic carbocycles. The molecule has 6 nitrogen and oxygen atoms in total. The van der Waals surface area contributed by atoms with Crippen molar-refractivity contribution in [3.63, 3.8) is 0 Å². The highest BCUT2D eigenvalue weighted by molar-refractivity contribution is 7.89. The number of nitrogens with one attached hydrogen (secondary N) is 2. The molecule has 20 heavy (non-hydrogen) atoms. The summed E-state index contributed by atoms with van der Waals surface area (Å²) in [6, 6.07) is 0. The maximum Gasteiger partial charge on any atom is 0.260 e. The Morgan fingerprint density at radius 2 is 2.10 bits per heavy atom. The van der Waals surface area contributed by atoms with Gasteiger partial charge in [-0.25, -0.2) is 18.1 Å². The summed E-state index contributed by atoms with van der Waals surface area (Å²) in [6.45, 7) is 8.20. The van der Waals surface area contributed by atoms with Crippen LogP contribution in [0.2, 0.25) is 0 Å². The van der Waals surface area contributed by atoms with E-state index in [2.05, 4.69) is 15.0 Å². The molecule has 0 aliphatic carbocycles. The fraction of sp³-hybridized carbons (Fsp3) is 0.583. The summed E-state index contributed by atoms with van der Waals surface area (Å²) in [6.07, 6.45) is 2.43. The Kier molecular flexibility index (Phi) is 4.08. The van der Waals surface area contributed by atoms with Crippen LogP contribution in [0.15, 0.2) is 16.6 Å². The largest absolute Gasteiger partial charge is 0.368 e. The first-order chi connectivity index (χ1) is 9.30. The van der Waals surface area contributed by atoms with E-state index < -0.39 is 15.6 Å². The third-order valence-electron chi connectivity index (χ3n) is 3.11. The van der Waals surface area contributed by atoms with Crippen LogP contribution < -0.4 is 10.0 Å². The van der Waals surface area contributed by atoms with E-state index in [0.29, 0.717) is 23.7 Å². The third kappa shape index (κ3) is 2.82. The van der Waals surface area contributed by atoms with Gasteiger partial charge in [0, 0.05) is 23.7 Å². The van der Waals surface area contributed by atoms with E-state index in [0.717, 1.165) is 0 Å². The van der Waals surface area contributed by atoms with E-state index in [9.17, 15) is 8.42 Å². The van der Waals surface area contributed by atoms with Crippen molar-refractivity contribution >= 4 is 32.1 Å². The summed E-state index contributed by atoms with van der Waals surface area (Å²) < 4.78 is 29.7. The zero-order chi connectivity index (χ0) is 15.0. The number of sulfonamides is 1. The van der Waals surface area contributed by atoms with Crippen molar-refractivity contribution in [2.24, 2.45) is 0 Å². The second-order valence-electron chi connectivity index (χ2n) is 5.19. The van der Waals surface area contributed by atoms with Crippen LogP contribution in [-0.4, -0.2) is 29.9 Å². The molecule has 2 N–H and O–H groups in total. The van der Waals surface area contributed by atoms with Crippen molar-refractivity contribution in [2.45, 2.75) is 44.7 Å². The second kappa shape index (κ2) is 5.34. The van der Waals surface area contributed by atoms with Crippen LogP contribution in [0.4, 0.5) is 5.82 Å². The minimum Gasteiger partial charge on any atom is -0.368 e. The smallest absolute Gasteiger partial charge is 0.260 e. The fourth-order valence-electron chi connectivity index (χ4n) is 1.79. The summed E-state index contributed by atoms with van der Waals surface area (Å²) >= 11 is 1.41. The van der Waals surface area contributed by atoms with E-state index in [-0.39, 0.29) is 5.03 Å². The summed E-state index contributed by atoms with van der Waals surface area (Å²) in [5.74, 6) is 0.402. The lowest BCUT2D eigenvalue weighted by Crippen LogP contribution is -2.43. The molecule has 2 heterocycles. The van der Waals surface area contributed by atoms with Crippen LogP contribution in [-0.2, 0) is 10.0 Å². The first-order valence-electron chi connectivity index (χ1n) is 6.54. The monoisotopic (exact) mass is 316 g/mol. The highest BCUT2D eigenvalue weighted by Gasteiger charge is 2.30. The van der Waals surface area contributed by atoms with Crippen molar-refractivity contribution in [3.8, 4) is 0 Å². The van der Waals surface area contributed by atoms with E-state index >= 15 is 0 Å². The van der Waals surface area contributed by atoms with Crippen molar-refractivity contribution in [1.29, 1.82) is 0 Å². The van der Waals surface area contributed by atoms with Gasteiger partial charge in [0.05, 0.1) is 0 Å². The Morgan fingerprint density at radius 1 is 1.40 bits per heavy atom. The van der Waals surface area contributed by atoms with E-state index in [1.807, 2.05) is 33.1 Å². The molecule has 2 aromatic heterocycles. The molecule has 0 aliphatic rings. The first-order valence-corrected chi connectivity index (χ1v) is 8.90. The van der Waals surface area contributed by atoms with Gasteiger partial charge in [0.2, 0.25) is 0 Å². The van der Waals surface area contributed by atoms with Gasteiger partial charge in [0.25, 0.3) is 10.0 Å². The number of fused-ring (bicyclic) bond motifs is 1. The van der Waals surface area contributed by atoms with Gasteiger partial charge in [-0.1, -0.05) is 6.92 Å². The molecule has 0 atom stereocenters. The number of hydrogen-bond acceptors (Lipinski definition) is 5. The predicted octanol–water partition coefficient (Wildman–Crippen LogP) is 2.29. The third-order valence-corrected chi connectivity index (χ3v) is 5.59. The molecule has 0 fully saturated rings. The van der Waals surface area contributed by atoms with Crippen LogP contribution in [0.25, 0.3) is 4.96 Å². The minimum atomic E-state index is -3.64. The number of imidazole rings is 1. The SMILES string of the molecule is CCNc1nc2sccn2c1S(=O)(=O)NC(C)(C)CC. The molecule has 0 spiro atoms. The summed E-state index contributed by atoms with van der Waals surface area (Å²) in [5.41, 5.74) is -0.498. The van der Waals surface area contributed by atoms with Crippen molar-refractivity contribution in [2.75, 3.05) is 11.9 Å². The molecular weight excluding hydrogens is 296 g/mol. The number of nitrogens with zero attached hydrogens (tertiary/aromatic N) is 2. The lowest BCUT2D eigenvalue weighted by Gasteiger charge is -2.24. The summed E-state index contributed by atoms with van der Waals surface area (Å²) in [7, 11) is -3.64. The summed E-state index contributed by atoms with van der Waals surface area (Å²) in [5, 5.41) is 5.02. The molecule has 0 saturated heterocycles. The van der Waals surface area contributed by atoms with Crippen LogP contribution in [0, 0.1) is 0 Å². The van der Waals surface area contributed by atoms with Gasteiger partial charge in [-0.15, -0.1) is 11.3 Å². The van der Waals surface area contributed by atoms with Crippen LogP contribution in [0.3, 0.4) is 0 Å². The van der Waals surface area contributed by atoms with Gasteiger partial charge in [-0.05, 0) is 27.2 Å². The van der Waals surface area contributed by atoms with E-state index in [1.54, 1.807) is 10.6 Å². The number of rotatable bonds is 6. The maximum atomic E-state index is 12.7. The lowest BCUT2D eigenvalue weighted by atomic mass is 10.0. The highest BCUT2D eigenvalue weighted by Crippen LogP contribution is 2.26. The standard InChI is InChI=1S/C12H20N4O2S2/c1-5-12(3,4)15-20(17,18)10-9(13-6-2)14-11-16(10)7-8-19-11/h7-8,13,15H,5-6H2,1-4H3. The van der Waals surface area contributed by atoms with Crippen LogP contribution >= 0.6 is 11.3 Å². The quantitative estimate of drug-likeness (QED) is 0.857. The van der Waals surface area contributed by atoms with Crippen molar-refractivity contribution in [1.82, 2.24) is 14.1 Å². The highest BCUT2D eigenvalue weighted by atomic mass is 32.2. The zero-order valence-corrected chi connectivity index (χ0v) is 13.7. The molecule has 2 aromatic rings. The van der Waals surface area contributed by atoms with Gasteiger partial charge in [-0.3, -0.25) is 4.40 Å². The normalized spacial score (nSPS) is 13.0. The molecule has 112 valence electrons. The van der Waals surface area contributed by atoms with Gasteiger partial charge < -0.3 is 5.32 Å². The van der Waals surface area contributed by atoms with Crippen LogP contribution in [0.1, 0.15) is 34.1 Å². The molecule has 0 aliphatic heterocycles. The average molecular weight is 316 g/mol. The molecule has 0 amide bonds. The van der Waals surface area contributed by atoms with Gasteiger partial charge in [0.15, 0.2) is 15.8 Å². The van der Waals surface area contributed by atoms with Crippen molar-refractivity contribution < 1.29 is 8.42 Å². The second-order valence-corrected chi connectivity index (χ2v) is 7.67. The number of aromatic nitrogens is 2. The van der Waals surface area contributed by atoms with Crippen molar-refractivity contribution in [3.05, 3.63) is 11.6 Å². The van der Waals surface area contributed by atoms with Crippen LogP contribution in [0.5, 0.6) is 0 Å². The lowest BCUT2D eigenvalue weighted by molar-refractivity contribution is 0.438. The average Bonchev–Trinajstić information content (AvgIpc) is 2.87. The Hall–Kier alpha value is -1.12. The number of anilines is 1. The fourth-order valence-corrected chi connectivity index (χ4v) is 4.31. The van der Waals surface area contributed by atoms with Gasteiger partial charge in [-0.2, -0.15) is 0 Å². The minimum absolute atomic E-state index is 0.178. The molecule has 2 rings (SSSR count). The Morgan fingerprint density at radius 3 is 2.70 bits per heavy atom. The Bertz CT molecular complexity index is 700. The van der Waals surface area contributed by atoms with Gasteiger partial charge >= 0.3 is 0 Å². The molecule has 8 heteroatoms. The molecular formula is C12H20N4O2S2. The molecule has 0 radical (unpaired) electrons. The zero-order valence-electron chi connectivity index (χ0n) is 12.1. The van der Waals surface area contributed by atoms with Gasteiger partial charge in [0.1, 0.15) is 0 Å². The van der Waals surface area contributed by atoms with E-state index in [1.165, 1.54) is 11.3 Å². The topological polar surface area (TPSA) is 75.5 Å². The maximum absolute atomic E-state index is 12.7. The Labute approximate surface area is 123 Å². The summed E-state index contributed by atoms with van der Waals surface area (Å²) in [4.78, 5) is 5.00. The number of thiazole rings is 1. The van der Waals surface area contributed by atoms with E-state index in [4.69, 9.17) is 0 Å². The molecule has 0 unspecified atom stereocenters. The molecule has 0 saturated carbocycles. The number of hydrogen-bond donors (Lipinski definition) is 2. The molecule has 0 bridgehead atoms. The Balaban J connectivity index is 2.54. The first kappa shape index (κ1) is 15.3. The predicted molar refractivity (Wildman–Crippen MR) is 81.9 cm³/mol.